The van der Waals surface area contributed by atoms with Gasteiger partial charge in [-0.15, -0.1) is 12.4 Å². The van der Waals surface area contributed by atoms with Crippen LogP contribution in [-0.2, 0) is 4.79 Å². The molecule has 5 nitrogen and oxygen atoms in total. The largest absolute Gasteiger partial charge is 0.497 e. The minimum atomic E-state index is -0.774. The maximum atomic E-state index is 10.7. The molecule has 0 saturated carbocycles. The molecule has 1 aromatic carbocycles. The van der Waals surface area contributed by atoms with Crippen molar-refractivity contribution in [2.75, 3.05) is 33.9 Å². The van der Waals surface area contributed by atoms with Crippen LogP contribution in [0.3, 0.4) is 0 Å². The third-order valence-corrected chi connectivity index (χ3v) is 3.48. The summed E-state index contributed by atoms with van der Waals surface area (Å²) in [5.41, 5.74) is 1.14. The zero-order valence-electron chi connectivity index (χ0n) is 11.7. The van der Waals surface area contributed by atoms with Crippen molar-refractivity contribution >= 4 is 18.4 Å². The van der Waals surface area contributed by atoms with Crippen molar-refractivity contribution in [3.8, 4) is 11.5 Å². The van der Waals surface area contributed by atoms with E-state index >= 15 is 0 Å². The molecule has 1 fully saturated rings. The molecule has 1 atom stereocenters. The second kappa shape index (κ2) is 7.36. The maximum absolute atomic E-state index is 10.7. The summed E-state index contributed by atoms with van der Waals surface area (Å²) in [6, 6.07) is 5.84. The fourth-order valence-electron chi connectivity index (χ4n) is 2.50. The molecule has 1 aliphatic rings. The van der Waals surface area contributed by atoms with E-state index in [-0.39, 0.29) is 19.0 Å². The quantitative estimate of drug-likeness (QED) is 0.901. The van der Waals surface area contributed by atoms with Gasteiger partial charge in [-0.3, -0.25) is 9.69 Å². The van der Waals surface area contributed by atoms with Gasteiger partial charge in [0, 0.05) is 12.6 Å². The number of rotatable bonds is 5. The van der Waals surface area contributed by atoms with Gasteiger partial charge in [0.05, 0.1) is 20.8 Å². The zero-order chi connectivity index (χ0) is 13.8. The van der Waals surface area contributed by atoms with Gasteiger partial charge in [-0.05, 0) is 36.6 Å². The number of benzene rings is 1. The van der Waals surface area contributed by atoms with Crippen LogP contribution in [0.4, 0.5) is 0 Å². The minimum Gasteiger partial charge on any atom is -0.497 e. The Morgan fingerprint density at radius 2 is 1.90 bits per heavy atom. The van der Waals surface area contributed by atoms with Crippen LogP contribution in [0.5, 0.6) is 11.5 Å². The van der Waals surface area contributed by atoms with Crippen molar-refractivity contribution in [1.82, 2.24) is 4.90 Å². The highest BCUT2D eigenvalue weighted by molar-refractivity contribution is 5.85. The summed E-state index contributed by atoms with van der Waals surface area (Å²) < 4.78 is 10.5. The fraction of sp³-hybridized carbons (Fsp3) is 0.500. The second-order valence-electron chi connectivity index (χ2n) is 4.76. The number of likely N-dealkylation sites (tertiary alicyclic amines) is 1. The highest BCUT2D eigenvalue weighted by Crippen LogP contribution is 2.32. The highest BCUT2D eigenvalue weighted by atomic mass is 35.5. The Labute approximate surface area is 124 Å². The van der Waals surface area contributed by atoms with Crippen LogP contribution in [0.15, 0.2) is 18.2 Å². The lowest BCUT2D eigenvalue weighted by atomic mass is 9.98. The average Bonchev–Trinajstić information content (AvgIpc) is 2.85. The molecule has 0 aliphatic carbocycles. The van der Waals surface area contributed by atoms with Crippen molar-refractivity contribution in [3.05, 3.63) is 23.8 Å². The molecule has 20 heavy (non-hydrogen) atoms. The second-order valence-corrected chi connectivity index (χ2v) is 4.76. The smallest absolute Gasteiger partial charge is 0.317 e. The Bertz CT molecular complexity index is 444. The number of carbonyl (C=O) groups is 1. The molecular weight excluding hydrogens is 282 g/mol. The highest BCUT2D eigenvalue weighted by Gasteiger charge is 2.25. The van der Waals surface area contributed by atoms with Crippen molar-refractivity contribution in [3.63, 3.8) is 0 Å². The monoisotopic (exact) mass is 301 g/mol. The van der Waals surface area contributed by atoms with Crippen molar-refractivity contribution in [2.24, 2.45) is 0 Å². The van der Waals surface area contributed by atoms with Gasteiger partial charge >= 0.3 is 5.97 Å². The summed E-state index contributed by atoms with van der Waals surface area (Å²) in [6.45, 7) is 1.69. The summed E-state index contributed by atoms with van der Waals surface area (Å²) in [7, 11) is 3.26. The minimum absolute atomic E-state index is 0. The topological polar surface area (TPSA) is 59.0 Å². The summed E-state index contributed by atoms with van der Waals surface area (Å²) >= 11 is 0. The van der Waals surface area contributed by atoms with Crippen molar-refractivity contribution in [2.45, 2.75) is 12.3 Å². The van der Waals surface area contributed by atoms with Gasteiger partial charge in [0.2, 0.25) is 0 Å². The fourth-order valence-corrected chi connectivity index (χ4v) is 2.50. The standard InChI is InChI=1S/C14H19NO4.ClH/c1-18-12-5-11(6-13(7-12)19-2)10-3-4-15(8-10)9-14(16)17;/h5-7,10H,3-4,8-9H2,1-2H3,(H,16,17);1H. The molecule has 1 aliphatic heterocycles. The van der Waals surface area contributed by atoms with Crippen LogP contribution in [-0.4, -0.2) is 49.8 Å². The predicted molar refractivity (Wildman–Crippen MR) is 78.2 cm³/mol. The first-order valence-electron chi connectivity index (χ1n) is 6.29. The van der Waals surface area contributed by atoms with E-state index in [2.05, 4.69) is 0 Å². The van der Waals surface area contributed by atoms with Gasteiger partial charge in [-0.2, -0.15) is 0 Å². The Hall–Kier alpha value is -1.46. The molecule has 1 heterocycles. The number of carboxylic acids is 1. The molecule has 0 spiro atoms. The van der Waals surface area contributed by atoms with Gasteiger partial charge in [0.25, 0.3) is 0 Å². The summed E-state index contributed by atoms with van der Waals surface area (Å²) in [5, 5.41) is 8.81. The van der Waals surface area contributed by atoms with E-state index in [1.165, 1.54) is 0 Å². The number of nitrogens with zero attached hydrogens (tertiary/aromatic N) is 1. The molecular formula is C14H20ClNO4. The van der Waals surface area contributed by atoms with E-state index in [1.54, 1.807) is 14.2 Å². The third-order valence-electron chi connectivity index (χ3n) is 3.48. The third kappa shape index (κ3) is 4.02. The molecule has 0 amide bonds. The lowest BCUT2D eigenvalue weighted by Gasteiger charge is -2.15. The Balaban J connectivity index is 0.00000200. The Morgan fingerprint density at radius 1 is 1.30 bits per heavy atom. The molecule has 0 bridgehead atoms. The van der Waals surface area contributed by atoms with E-state index in [0.717, 1.165) is 36.6 Å². The van der Waals surface area contributed by atoms with Crippen LogP contribution in [0, 0.1) is 0 Å². The molecule has 2 rings (SSSR count). The van der Waals surface area contributed by atoms with Gasteiger partial charge in [0.15, 0.2) is 0 Å². The first-order chi connectivity index (χ1) is 9.12. The number of aliphatic carboxylic acids is 1. The zero-order valence-corrected chi connectivity index (χ0v) is 12.5. The van der Waals surface area contributed by atoms with Gasteiger partial charge in [-0.25, -0.2) is 0 Å². The summed E-state index contributed by atoms with van der Waals surface area (Å²) in [6.07, 6.45) is 0.962. The number of methoxy groups -OCH3 is 2. The predicted octanol–water partition coefficient (Wildman–Crippen LogP) is 2.00. The van der Waals surface area contributed by atoms with Crippen LogP contribution in [0.25, 0.3) is 0 Å². The molecule has 6 heteroatoms. The van der Waals surface area contributed by atoms with E-state index in [4.69, 9.17) is 14.6 Å². The van der Waals surface area contributed by atoms with Gasteiger partial charge < -0.3 is 14.6 Å². The van der Waals surface area contributed by atoms with Crippen LogP contribution < -0.4 is 9.47 Å². The Kier molecular flexibility index (Phi) is 6.10. The van der Waals surface area contributed by atoms with Gasteiger partial charge in [0.1, 0.15) is 11.5 Å². The summed E-state index contributed by atoms with van der Waals surface area (Å²) in [5.74, 6) is 1.10. The summed E-state index contributed by atoms with van der Waals surface area (Å²) in [4.78, 5) is 12.7. The molecule has 1 saturated heterocycles. The molecule has 1 unspecified atom stereocenters. The molecule has 112 valence electrons. The molecule has 1 N–H and O–H groups in total. The van der Waals surface area contributed by atoms with E-state index in [0.29, 0.717) is 5.92 Å². The number of hydrogen-bond acceptors (Lipinski definition) is 4. The van der Waals surface area contributed by atoms with Crippen molar-refractivity contribution < 1.29 is 19.4 Å². The lowest BCUT2D eigenvalue weighted by molar-refractivity contribution is -0.138. The maximum Gasteiger partial charge on any atom is 0.317 e. The number of carboxylic acid groups (broad SMARTS) is 1. The van der Waals surface area contributed by atoms with Crippen LogP contribution in [0.2, 0.25) is 0 Å². The SMILES string of the molecule is COc1cc(OC)cc(C2CCN(CC(=O)O)C2)c1.Cl. The number of hydrogen-bond donors (Lipinski definition) is 1. The van der Waals surface area contributed by atoms with Crippen LogP contribution >= 0.6 is 12.4 Å². The molecule has 1 aromatic rings. The van der Waals surface area contributed by atoms with E-state index in [1.807, 2.05) is 23.1 Å². The Morgan fingerprint density at radius 3 is 2.40 bits per heavy atom. The number of halogens is 1. The number of ether oxygens (including phenoxy) is 2. The average molecular weight is 302 g/mol. The normalized spacial score (nSPS) is 18.4. The van der Waals surface area contributed by atoms with Crippen LogP contribution in [0.1, 0.15) is 17.9 Å². The first-order valence-corrected chi connectivity index (χ1v) is 6.29. The molecule has 0 radical (unpaired) electrons. The van der Waals surface area contributed by atoms with Gasteiger partial charge in [-0.1, -0.05) is 0 Å². The lowest BCUT2D eigenvalue weighted by Crippen LogP contribution is -2.27. The van der Waals surface area contributed by atoms with E-state index < -0.39 is 5.97 Å². The molecule has 0 aromatic heterocycles. The first kappa shape index (κ1) is 16.6. The van der Waals surface area contributed by atoms with E-state index in [9.17, 15) is 4.79 Å². The van der Waals surface area contributed by atoms with Crippen molar-refractivity contribution in [1.29, 1.82) is 0 Å².